The number of carbonyl (C=O) groups excluding carboxylic acids is 1. The van der Waals surface area contributed by atoms with Crippen LogP contribution in [0.1, 0.15) is 29.2 Å². The van der Waals surface area contributed by atoms with Crippen LogP contribution in [0, 0.1) is 0 Å². The lowest BCUT2D eigenvalue weighted by molar-refractivity contribution is -0.151. The maximum absolute atomic E-state index is 12.5. The van der Waals surface area contributed by atoms with Gasteiger partial charge in [-0.15, -0.1) is 0 Å². The van der Waals surface area contributed by atoms with Gasteiger partial charge in [0.1, 0.15) is 0 Å². The van der Waals surface area contributed by atoms with Gasteiger partial charge in [0.25, 0.3) is 0 Å². The van der Waals surface area contributed by atoms with E-state index in [1.165, 1.54) is 4.90 Å². The summed E-state index contributed by atoms with van der Waals surface area (Å²) in [5.74, 6) is -1.11. The molecule has 3 rings (SSSR count). The average molecular weight is 313 g/mol. The van der Waals surface area contributed by atoms with Crippen LogP contribution < -0.4 is 0 Å². The van der Waals surface area contributed by atoms with Crippen molar-refractivity contribution in [3.63, 3.8) is 0 Å². The van der Waals surface area contributed by atoms with Crippen molar-refractivity contribution in [3.8, 4) is 0 Å². The Kier molecular flexibility index (Phi) is 4.14. The van der Waals surface area contributed by atoms with E-state index in [4.69, 9.17) is 0 Å². The van der Waals surface area contributed by atoms with Crippen LogP contribution in [0.4, 0.5) is 0 Å². The van der Waals surface area contributed by atoms with E-state index in [2.05, 4.69) is 5.10 Å². The Labute approximate surface area is 134 Å². The average Bonchev–Trinajstić information content (AvgIpc) is 2.96. The molecule has 0 spiro atoms. The molecule has 1 aliphatic rings. The van der Waals surface area contributed by atoms with Gasteiger partial charge in [0.05, 0.1) is 6.20 Å². The largest absolute Gasteiger partial charge is 0.479 e. The van der Waals surface area contributed by atoms with Gasteiger partial charge in [-0.05, 0) is 29.5 Å². The fourth-order valence-electron chi connectivity index (χ4n) is 3.10. The van der Waals surface area contributed by atoms with E-state index in [-0.39, 0.29) is 12.3 Å². The molecule has 1 atom stereocenters. The smallest absolute Gasteiger partial charge is 0.331 e. The molecule has 2 aromatic rings. The van der Waals surface area contributed by atoms with Gasteiger partial charge in [0.2, 0.25) is 5.91 Å². The predicted molar refractivity (Wildman–Crippen MR) is 83.8 cm³/mol. The lowest BCUT2D eigenvalue weighted by atomic mass is 9.92. The summed E-state index contributed by atoms with van der Waals surface area (Å²) in [6.07, 6.45) is 5.15. The summed E-state index contributed by atoms with van der Waals surface area (Å²) in [4.78, 5) is 25.7. The highest BCUT2D eigenvalue weighted by molar-refractivity contribution is 5.85. The SMILES string of the molecule is Cn1cc(CCC(=O)N2CCc3ccccc3C2C(=O)O)cn1. The number of carbonyl (C=O) groups is 2. The van der Waals surface area contributed by atoms with E-state index in [0.29, 0.717) is 19.4 Å². The van der Waals surface area contributed by atoms with Crippen LogP contribution in [-0.4, -0.2) is 38.2 Å². The van der Waals surface area contributed by atoms with Crippen LogP contribution in [0.3, 0.4) is 0 Å². The molecule has 0 aliphatic carbocycles. The number of amides is 1. The van der Waals surface area contributed by atoms with Crippen LogP contribution in [0.2, 0.25) is 0 Å². The molecule has 0 radical (unpaired) electrons. The van der Waals surface area contributed by atoms with E-state index in [1.807, 2.05) is 31.4 Å². The first kappa shape index (κ1) is 15.3. The molecule has 1 unspecified atom stereocenters. The van der Waals surface area contributed by atoms with Gasteiger partial charge in [-0.2, -0.15) is 5.10 Å². The predicted octanol–water partition coefficient (Wildman–Crippen LogP) is 1.56. The number of aryl methyl sites for hydroxylation is 2. The minimum absolute atomic E-state index is 0.129. The van der Waals surface area contributed by atoms with Gasteiger partial charge in [0, 0.05) is 26.2 Å². The number of fused-ring (bicyclic) bond motifs is 1. The maximum Gasteiger partial charge on any atom is 0.331 e. The molecule has 1 aliphatic heterocycles. The number of aromatic nitrogens is 2. The Morgan fingerprint density at radius 3 is 2.83 bits per heavy atom. The third-order valence-electron chi connectivity index (χ3n) is 4.22. The lowest BCUT2D eigenvalue weighted by Gasteiger charge is -2.34. The van der Waals surface area contributed by atoms with Crippen molar-refractivity contribution < 1.29 is 14.7 Å². The van der Waals surface area contributed by atoms with Crippen molar-refractivity contribution in [1.82, 2.24) is 14.7 Å². The van der Waals surface area contributed by atoms with Gasteiger partial charge in [-0.1, -0.05) is 24.3 Å². The number of carboxylic acids is 1. The van der Waals surface area contributed by atoms with Crippen LogP contribution in [0.5, 0.6) is 0 Å². The second-order valence-corrected chi connectivity index (χ2v) is 5.80. The van der Waals surface area contributed by atoms with Crippen LogP contribution >= 0.6 is 0 Å². The van der Waals surface area contributed by atoms with Crippen molar-refractivity contribution in [2.24, 2.45) is 7.05 Å². The number of hydrogen-bond donors (Lipinski definition) is 1. The van der Waals surface area contributed by atoms with Gasteiger partial charge in [0.15, 0.2) is 6.04 Å². The van der Waals surface area contributed by atoms with E-state index >= 15 is 0 Å². The highest BCUT2D eigenvalue weighted by atomic mass is 16.4. The molecule has 0 saturated carbocycles. The Bertz CT molecular complexity index is 738. The topological polar surface area (TPSA) is 75.4 Å². The second-order valence-electron chi connectivity index (χ2n) is 5.80. The van der Waals surface area contributed by atoms with Crippen molar-refractivity contribution in [1.29, 1.82) is 0 Å². The molecule has 120 valence electrons. The normalized spacial score (nSPS) is 16.9. The standard InChI is InChI=1S/C17H19N3O3/c1-19-11-12(10-18-19)6-7-15(21)20-9-8-13-4-2-3-5-14(13)16(20)17(22)23/h2-5,10-11,16H,6-9H2,1H3,(H,22,23). The van der Waals surface area contributed by atoms with Crippen LogP contribution in [-0.2, 0) is 29.5 Å². The van der Waals surface area contributed by atoms with Crippen molar-refractivity contribution in [3.05, 3.63) is 53.3 Å². The molecule has 1 aromatic carbocycles. The van der Waals surface area contributed by atoms with Crippen LogP contribution in [0.25, 0.3) is 0 Å². The monoisotopic (exact) mass is 313 g/mol. The summed E-state index contributed by atoms with van der Waals surface area (Å²) in [6, 6.07) is 6.56. The van der Waals surface area contributed by atoms with Crippen molar-refractivity contribution >= 4 is 11.9 Å². The lowest BCUT2D eigenvalue weighted by Crippen LogP contribution is -2.43. The van der Waals surface area contributed by atoms with Gasteiger partial charge < -0.3 is 10.0 Å². The van der Waals surface area contributed by atoms with Crippen LogP contribution in [0.15, 0.2) is 36.7 Å². The number of aliphatic carboxylic acids is 1. The summed E-state index contributed by atoms with van der Waals surface area (Å²) < 4.78 is 1.69. The Balaban J connectivity index is 1.76. The van der Waals surface area contributed by atoms with E-state index in [9.17, 15) is 14.7 Å². The second kappa shape index (κ2) is 6.24. The molecule has 2 heterocycles. The molecule has 0 saturated heterocycles. The molecule has 0 bridgehead atoms. The Morgan fingerprint density at radius 1 is 1.35 bits per heavy atom. The van der Waals surface area contributed by atoms with Crippen molar-refractivity contribution in [2.75, 3.05) is 6.54 Å². The number of carboxylic acid groups (broad SMARTS) is 1. The summed E-state index contributed by atoms with van der Waals surface area (Å²) in [7, 11) is 1.83. The van der Waals surface area contributed by atoms with Gasteiger partial charge in [-0.25, -0.2) is 4.79 Å². The molecular formula is C17H19N3O3. The fourth-order valence-corrected chi connectivity index (χ4v) is 3.10. The molecule has 6 heteroatoms. The Morgan fingerprint density at radius 2 is 2.13 bits per heavy atom. The first-order valence-electron chi connectivity index (χ1n) is 7.64. The zero-order chi connectivity index (χ0) is 16.4. The quantitative estimate of drug-likeness (QED) is 0.929. The van der Waals surface area contributed by atoms with E-state index in [0.717, 1.165) is 16.7 Å². The third-order valence-corrected chi connectivity index (χ3v) is 4.22. The number of hydrogen-bond acceptors (Lipinski definition) is 3. The number of rotatable bonds is 4. The summed E-state index contributed by atoms with van der Waals surface area (Å²) in [5.41, 5.74) is 2.71. The minimum Gasteiger partial charge on any atom is -0.479 e. The molecule has 6 nitrogen and oxygen atoms in total. The molecule has 1 amide bonds. The number of nitrogens with zero attached hydrogens (tertiary/aromatic N) is 3. The Hall–Kier alpha value is -2.63. The fraction of sp³-hybridized carbons (Fsp3) is 0.353. The van der Waals surface area contributed by atoms with Gasteiger partial charge >= 0.3 is 5.97 Å². The molecule has 23 heavy (non-hydrogen) atoms. The zero-order valence-electron chi connectivity index (χ0n) is 13.0. The zero-order valence-corrected chi connectivity index (χ0v) is 13.0. The van der Waals surface area contributed by atoms with Gasteiger partial charge in [-0.3, -0.25) is 9.48 Å². The molecule has 1 N–H and O–H groups in total. The molecule has 1 aromatic heterocycles. The third kappa shape index (κ3) is 3.11. The first-order chi connectivity index (χ1) is 11.1. The first-order valence-corrected chi connectivity index (χ1v) is 7.64. The molecular weight excluding hydrogens is 294 g/mol. The van der Waals surface area contributed by atoms with Crippen molar-refractivity contribution in [2.45, 2.75) is 25.3 Å². The summed E-state index contributed by atoms with van der Waals surface area (Å²) in [6.45, 7) is 0.444. The van der Waals surface area contributed by atoms with E-state index in [1.54, 1.807) is 16.9 Å². The number of benzene rings is 1. The molecule has 0 fully saturated rings. The summed E-state index contributed by atoms with van der Waals surface area (Å²) >= 11 is 0. The summed E-state index contributed by atoms with van der Waals surface area (Å²) in [5, 5.41) is 13.7. The maximum atomic E-state index is 12.5. The van der Waals surface area contributed by atoms with E-state index < -0.39 is 12.0 Å². The minimum atomic E-state index is -0.980. The highest BCUT2D eigenvalue weighted by Gasteiger charge is 2.35. The highest BCUT2D eigenvalue weighted by Crippen LogP contribution is 2.30.